The molecule has 20 heavy (non-hydrogen) atoms. The quantitative estimate of drug-likeness (QED) is 0.239. The molecule has 6 nitrogen and oxygen atoms in total. The Morgan fingerprint density at radius 2 is 2.35 bits per heavy atom. The molecule has 0 aliphatic heterocycles. The molecule has 0 radical (unpaired) electrons. The van der Waals surface area contributed by atoms with Gasteiger partial charge < -0.3 is 20.8 Å². The first-order valence-electron chi connectivity index (χ1n) is 6.44. The third-order valence-corrected chi connectivity index (χ3v) is 3.11. The number of amidine groups is 1. The summed E-state index contributed by atoms with van der Waals surface area (Å²) < 4.78 is 2.01. The molecule has 0 aliphatic rings. The fourth-order valence-electron chi connectivity index (χ4n) is 1.97. The van der Waals surface area contributed by atoms with Crippen LogP contribution in [0.15, 0.2) is 41.8 Å². The molecule has 0 aliphatic carbocycles. The number of aromatic nitrogens is 2. The van der Waals surface area contributed by atoms with Crippen LogP contribution in [0.1, 0.15) is 17.0 Å². The summed E-state index contributed by atoms with van der Waals surface area (Å²) in [4.78, 5) is 4.27. The van der Waals surface area contributed by atoms with Gasteiger partial charge in [0.15, 0.2) is 5.84 Å². The van der Waals surface area contributed by atoms with Crippen molar-refractivity contribution in [3.8, 4) is 0 Å². The lowest BCUT2D eigenvalue weighted by Gasteiger charge is -2.07. The van der Waals surface area contributed by atoms with Crippen LogP contribution in [0.25, 0.3) is 0 Å². The first-order chi connectivity index (χ1) is 9.70. The molecule has 2 rings (SSSR count). The van der Waals surface area contributed by atoms with E-state index in [2.05, 4.69) is 15.5 Å². The highest BCUT2D eigenvalue weighted by Crippen LogP contribution is 2.05. The summed E-state index contributed by atoms with van der Waals surface area (Å²) in [5, 5.41) is 15.0. The van der Waals surface area contributed by atoms with Gasteiger partial charge in [-0.25, -0.2) is 4.98 Å². The molecule has 0 fully saturated rings. The number of aryl methyl sites for hydroxylation is 1. The van der Waals surface area contributed by atoms with Crippen LogP contribution >= 0.6 is 0 Å². The SMILES string of the molecule is Cn1ccnc1CCNCc1cccc(C(N)=NO)c1. The van der Waals surface area contributed by atoms with Gasteiger partial charge in [0.2, 0.25) is 0 Å². The van der Waals surface area contributed by atoms with Crippen molar-refractivity contribution in [2.75, 3.05) is 6.54 Å². The van der Waals surface area contributed by atoms with E-state index in [1.54, 1.807) is 6.20 Å². The van der Waals surface area contributed by atoms with Gasteiger partial charge in [0.05, 0.1) is 0 Å². The van der Waals surface area contributed by atoms with Crippen LogP contribution in [0.5, 0.6) is 0 Å². The number of nitrogens with two attached hydrogens (primary N) is 1. The molecule has 0 spiro atoms. The van der Waals surface area contributed by atoms with E-state index < -0.39 is 0 Å². The standard InChI is InChI=1S/C14H19N5O/c1-19-8-7-17-13(19)5-6-16-10-11-3-2-4-12(9-11)14(15)18-20/h2-4,7-9,16,20H,5-6,10H2,1H3,(H2,15,18). The third kappa shape index (κ3) is 3.58. The van der Waals surface area contributed by atoms with Gasteiger partial charge in [0, 0.05) is 44.5 Å². The first kappa shape index (κ1) is 14.1. The summed E-state index contributed by atoms with van der Waals surface area (Å²) in [6.07, 6.45) is 4.62. The monoisotopic (exact) mass is 273 g/mol. The van der Waals surface area contributed by atoms with Crippen LogP contribution in [0.4, 0.5) is 0 Å². The molecule has 0 unspecified atom stereocenters. The Hall–Kier alpha value is -2.34. The summed E-state index contributed by atoms with van der Waals surface area (Å²) in [7, 11) is 1.99. The lowest BCUT2D eigenvalue weighted by atomic mass is 10.1. The fraction of sp³-hybridized carbons (Fsp3) is 0.286. The summed E-state index contributed by atoms with van der Waals surface area (Å²) in [5.41, 5.74) is 7.38. The Balaban J connectivity index is 1.84. The van der Waals surface area contributed by atoms with Crippen molar-refractivity contribution in [1.29, 1.82) is 0 Å². The maximum Gasteiger partial charge on any atom is 0.170 e. The highest BCUT2D eigenvalue weighted by atomic mass is 16.4. The van der Waals surface area contributed by atoms with E-state index in [4.69, 9.17) is 10.9 Å². The number of rotatable bonds is 6. The fourth-order valence-corrected chi connectivity index (χ4v) is 1.97. The van der Waals surface area contributed by atoms with Crippen molar-refractivity contribution < 1.29 is 5.21 Å². The van der Waals surface area contributed by atoms with Crippen molar-refractivity contribution in [2.24, 2.45) is 17.9 Å². The smallest absolute Gasteiger partial charge is 0.170 e. The second kappa shape index (κ2) is 6.72. The Morgan fingerprint density at radius 1 is 1.50 bits per heavy atom. The topological polar surface area (TPSA) is 88.5 Å². The summed E-state index contributed by atoms with van der Waals surface area (Å²) in [6, 6.07) is 7.61. The highest BCUT2D eigenvalue weighted by Gasteiger charge is 2.01. The Bertz CT molecular complexity index is 591. The second-order valence-corrected chi connectivity index (χ2v) is 4.57. The minimum absolute atomic E-state index is 0.125. The number of oxime groups is 1. The third-order valence-electron chi connectivity index (χ3n) is 3.11. The van der Waals surface area contributed by atoms with E-state index in [-0.39, 0.29) is 5.84 Å². The zero-order valence-electron chi connectivity index (χ0n) is 11.5. The van der Waals surface area contributed by atoms with Gasteiger partial charge in [0.1, 0.15) is 5.82 Å². The maximum absolute atomic E-state index is 8.66. The Labute approximate surface area is 117 Å². The van der Waals surface area contributed by atoms with Crippen molar-refractivity contribution in [3.05, 3.63) is 53.6 Å². The van der Waals surface area contributed by atoms with Crippen LogP contribution in [-0.4, -0.2) is 27.1 Å². The second-order valence-electron chi connectivity index (χ2n) is 4.57. The van der Waals surface area contributed by atoms with Crippen molar-refractivity contribution >= 4 is 5.84 Å². The van der Waals surface area contributed by atoms with E-state index >= 15 is 0 Å². The molecule has 1 aromatic heterocycles. The molecular formula is C14H19N5O. The molecule has 0 bridgehead atoms. The molecule has 4 N–H and O–H groups in total. The number of nitrogens with one attached hydrogen (secondary N) is 1. The number of hydrogen-bond donors (Lipinski definition) is 3. The van der Waals surface area contributed by atoms with Gasteiger partial charge in [-0.1, -0.05) is 23.4 Å². The van der Waals surface area contributed by atoms with Crippen molar-refractivity contribution in [2.45, 2.75) is 13.0 Å². The minimum Gasteiger partial charge on any atom is -0.409 e. The van der Waals surface area contributed by atoms with Gasteiger partial charge in [0.25, 0.3) is 0 Å². The van der Waals surface area contributed by atoms with Crippen LogP contribution in [-0.2, 0) is 20.0 Å². The van der Waals surface area contributed by atoms with E-state index in [0.717, 1.165) is 36.5 Å². The van der Waals surface area contributed by atoms with E-state index in [1.165, 1.54) is 0 Å². The lowest BCUT2D eigenvalue weighted by molar-refractivity contribution is 0.318. The predicted octanol–water partition coefficient (Wildman–Crippen LogP) is 0.847. The lowest BCUT2D eigenvalue weighted by Crippen LogP contribution is -2.19. The molecule has 0 atom stereocenters. The van der Waals surface area contributed by atoms with Gasteiger partial charge in [-0.3, -0.25) is 0 Å². The van der Waals surface area contributed by atoms with Crippen molar-refractivity contribution in [3.63, 3.8) is 0 Å². The van der Waals surface area contributed by atoms with Crippen molar-refractivity contribution in [1.82, 2.24) is 14.9 Å². The highest BCUT2D eigenvalue weighted by molar-refractivity contribution is 5.97. The largest absolute Gasteiger partial charge is 0.409 e. The minimum atomic E-state index is 0.125. The van der Waals surface area contributed by atoms with E-state index in [0.29, 0.717) is 0 Å². The molecule has 1 heterocycles. The van der Waals surface area contributed by atoms with Crippen LogP contribution in [0.2, 0.25) is 0 Å². The van der Waals surface area contributed by atoms with Gasteiger partial charge >= 0.3 is 0 Å². The van der Waals surface area contributed by atoms with Gasteiger partial charge in [-0.05, 0) is 11.6 Å². The first-order valence-corrected chi connectivity index (χ1v) is 6.44. The van der Waals surface area contributed by atoms with Gasteiger partial charge in [-0.15, -0.1) is 0 Å². The van der Waals surface area contributed by atoms with Crippen LogP contribution in [0, 0.1) is 0 Å². The molecule has 0 saturated heterocycles. The molecule has 106 valence electrons. The Kier molecular flexibility index (Phi) is 4.73. The molecule has 6 heteroatoms. The van der Waals surface area contributed by atoms with E-state index in [9.17, 15) is 0 Å². The molecule has 0 amide bonds. The zero-order valence-corrected chi connectivity index (χ0v) is 11.5. The maximum atomic E-state index is 8.66. The average Bonchev–Trinajstić information content (AvgIpc) is 2.88. The van der Waals surface area contributed by atoms with Gasteiger partial charge in [-0.2, -0.15) is 0 Å². The number of imidazole rings is 1. The van der Waals surface area contributed by atoms with Crippen LogP contribution < -0.4 is 11.1 Å². The predicted molar refractivity (Wildman–Crippen MR) is 77.6 cm³/mol. The molecule has 2 aromatic rings. The average molecular weight is 273 g/mol. The molecular weight excluding hydrogens is 254 g/mol. The summed E-state index contributed by atoms with van der Waals surface area (Å²) >= 11 is 0. The number of hydrogen-bond acceptors (Lipinski definition) is 4. The molecule has 1 aromatic carbocycles. The number of nitrogens with zero attached hydrogens (tertiary/aromatic N) is 3. The number of benzene rings is 1. The van der Waals surface area contributed by atoms with E-state index in [1.807, 2.05) is 42.1 Å². The zero-order chi connectivity index (χ0) is 14.4. The summed E-state index contributed by atoms with van der Waals surface area (Å²) in [6.45, 7) is 1.58. The normalized spacial score (nSPS) is 11.8. The molecule has 0 saturated carbocycles. The Morgan fingerprint density at radius 3 is 3.05 bits per heavy atom. The van der Waals surface area contributed by atoms with Crippen LogP contribution in [0.3, 0.4) is 0 Å². The summed E-state index contributed by atoms with van der Waals surface area (Å²) in [5.74, 6) is 1.18.